The van der Waals surface area contributed by atoms with Crippen LogP contribution in [0.1, 0.15) is 29.2 Å². The summed E-state index contributed by atoms with van der Waals surface area (Å²) in [5, 5.41) is 8.75. The number of nitriles is 1. The summed E-state index contributed by atoms with van der Waals surface area (Å²) in [6, 6.07) is 8.08. The van der Waals surface area contributed by atoms with Crippen molar-refractivity contribution in [2.24, 2.45) is 0 Å². The quantitative estimate of drug-likeness (QED) is 0.559. The number of hydrogen-bond donors (Lipinski definition) is 0. The molecule has 0 radical (unpaired) electrons. The second-order valence-electron chi connectivity index (χ2n) is 3.66. The summed E-state index contributed by atoms with van der Waals surface area (Å²) in [7, 11) is 0. The predicted octanol–water partition coefficient (Wildman–Crippen LogP) is 1.94. The van der Waals surface area contributed by atoms with Crippen molar-refractivity contribution in [3.8, 4) is 6.07 Å². The summed E-state index contributed by atoms with van der Waals surface area (Å²) in [6.45, 7) is 0. The van der Waals surface area contributed by atoms with Crippen molar-refractivity contribution in [1.29, 1.82) is 5.26 Å². The van der Waals surface area contributed by atoms with Gasteiger partial charge in [0.05, 0.1) is 17.7 Å². The molecule has 1 fully saturated rings. The highest BCUT2D eigenvalue weighted by Gasteiger charge is 2.43. The lowest BCUT2D eigenvalue weighted by Gasteiger charge is -2.11. The van der Waals surface area contributed by atoms with Crippen LogP contribution in [0.2, 0.25) is 0 Å². The molecule has 1 aliphatic heterocycles. The first-order valence-corrected chi connectivity index (χ1v) is 4.57. The van der Waals surface area contributed by atoms with Crippen LogP contribution >= 0.6 is 0 Å². The van der Waals surface area contributed by atoms with Gasteiger partial charge in [-0.25, -0.2) is 0 Å². The minimum absolute atomic E-state index is 0.303. The van der Waals surface area contributed by atoms with Crippen molar-refractivity contribution in [3.05, 3.63) is 34.9 Å². The third-order valence-corrected chi connectivity index (χ3v) is 2.86. The van der Waals surface area contributed by atoms with E-state index in [0.29, 0.717) is 12.2 Å². The Bertz CT molecular complexity index is 405. The van der Waals surface area contributed by atoms with Gasteiger partial charge in [-0.3, -0.25) is 0 Å². The fourth-order valence-electron chi connectivity index (χ4n) is 2.09. The normalized spacial score (nSPS) is 28.5. The summed E-state index contributed by atoms with van der Waals surface area (Å²) in [5.41, 5.74) is 3.35. The Balaban J connectivity index is 2.12. The summed E-state index contributed by atoms with van der Waals surface area (Å²) in [6.07, 6.45) is 2.99. The lowest BCUT2D eigenvalue weighted by atomic mass is 9.91. The van der Waals surface area contributed by atoms with Gasteiger partial charge in [-0.2, -0.15) is 5.26 Å². The molecule has 2 unspecified atom stereocenters. The van der Waals surface area contributed by atoms with E-state index in [1.807, 2.05) is 12.1 Å². The second kappa shape index (κ2) is 2.34. The smallest absolute Gasteiger partial charge is 0.109 e. The number of ether oxygens (including phenoxy) is 1. The van der Waals surface area contributed by atoms with Crippen molar-refractivity contribution in [1.82, 2.24) is 0 Å². The highest BCUT2D eigenvalue weighted by Crippen LogP contribution is 2.46. The highest BCUT2D eigenvalue weighted by molar-refractivity contribution is 5.42. The van der Waals surface area contributed by atoms with Crippen LogP contribution in [0.25, 0.3) is 0 Å². The zero-order chi connectivity index (χ0) is 8.84. The average molecular weight is 171 g/mol. The molecule has 1 aliphatic carbocycles. The summed E-state index contributed by atoms with van der Waals surface area (Å²) >= 11 is 0. The van der Waals surface area contributed by atoms with Gasteiger partial charge in [0.15, 0.2) is 0 Å². The number of hydrogen-bond acceptors (Lipinski definition) is 2. The van der Waals surface area contributed by atoms with E-state index in [-0.39, 0.29) is 0 Å². The minimum Gasteiger partial charge on any atom is -0.364 e. The molecule has 0 N–H and O–H groups in total. The first-order chi connectivity index (χ1) is 6.38. The Morgan fingerprint density at radius 3 is 3.23 bits per heavy atom. The maximum atomic E-state index is 8.75. The van der Waals surface area contributed by atoms with E-state index in [4.69, 9.17) is 10.00 Å². The third kappa shape index (κ3) is 0.976. The molecule has 2 heteroatoms. The maximum absolute atomic E-state index is 8.75. The number of fused-ring (bicyclic) bond motifs is 3. The van der Waals surface area contributed by atoms with E-state index in [0.717, 1.165) is 18.4 Å². The molecule has 2 aliphatic rings. The van der Waals surface area contributed by atoms with Gasteiger partial charge in [0, 0.05) is 0 Å². The molecule has 2 nitrogen and oxygen atoms in total. The van der Waals surface area contributed by atoms with Crippen molar-refractivity contribution in [3.63, 3.8) is 0 Å². The van der Waals surface area contributed by atoms with Crippen LogP contribution in [0.3, 0.4) is 0 Å². The van der Waals surface area contributed by atoms with Crippen LogP contribution in [0.15, 0.2) is 18.2 Å². The molecule has 0 aromatic heterocycles. The molecule has 0 amide bonds. The van der Waals surface area contributed by atoms with Gasteiger partial charge in [0.1, 0.15) is 6.10 Å². The number of aryl methyl sites for hydroxylation is 1. The lowest BCUT2D eigenvalue weighted by molar-refractivity contribution is 0.372. The lowest BCUT2D eigenvalue weighted by Crippen LogP contribution is -2.04. The van der Waals surface area contributed by atoms with Crippen molar-refractivity contribution >= 4 is 0 Å². The number of epoxide rings is 1. The average Bonchev–Trinajstić information content (AvgIpc) is 2.96. The number of benzene rings is 1. The molecule has 13 heavy (non-hydrogen) atoms. The van der Waals surface area contributed by atoms with Gasteiger partial charge in [0.2, 0.25) is 0 Å². The van der Waals surface area contributed by atoms with Gasteiger partial charge in [0.25, 0.3) is 0 Å². The molecule has 1 saturated heterocycles. The van der Waals surface area contributed by atoms with Gasteiger partial charge in [-0.1, -0.05) is 6.07 Å². The predicted molar refractivity (Wildman–Crippen MR) is 47.1 cm³/mol. The zero-order valence-corrected chi connectivity index (χ0v) is 7.16. The van der Waals surface area contributed by atoms with Crippen molar-refractivity contribution in [2.75, 3.05) is 0 Å². The van der Waals surface area contributed by atoms with E-state index in [1.54, 1.807) is 0 Å². The van der Waals surface area contributed by atoms with E-state index in [2.05, 4.69) is 12.1 Å². The minimum atomic E-state index is 0.303. The second-order valence-corrected chi connectivity index (χ2v) is 3.66. The first-order valence-electron chi connectivity index (χ1n) is 4.57. The van der Waals surface area contributed by atoms with Gasteiger partial charge in [-0.15, -0.1) is 0 Å². The summed E-state index contributed by atoms with van der Waals surface area (Å²) in [4.78, 5) is 0. The van der Waals surface area contributed by atoms with Crippen LogP contribution < -0.4 is 0 Å². The maximum Gasteiger partial charge on any atom is 0.109 e. The molecule has 0 spiro atoms. The molecule has 1 aromatic carbocycles. The molecule has 0 saturated carbocycles. The first kappa shape index (κ1) is 7.11. The van der Waals surface area contributed by atoms with Crippen LogP contribution in [0.5, 0.6) is 0 Å². The molecular weight excluding hydrogens is 162 g/mol. The Morgan fingerprint density at radius 2 is 2.38 bits per heavy atom. The molecule has 64 valence electrons. The van der Waals surface area contributed by atoms with Crippen LogP contribution in [-0.2, 0) is 11.2 Å². The van der Waals surface area contributed by atoms with E-state index >= 15 is 0 Å². The Morgan fingerprint density at radius 1 is 1.46 bits per heavy atom. The van der Waals surface area contributed by atoms with Crippen LogP contribution in [0, 0.1) is 11.3 Å². The Labute approximate surface area is 76.8 Å². The zero-order valence-electron chi connectivity index (χ0n) is 7.16. The molecule has 1 heterocycles. The number of rotatable bonds is 0. The molecular formula is C11H9NO. The topological polar surface area (TPSA) is 36.3 Å². The van der Waals surface area contributed by atoms with Gasteiger partial charge < -0.3 is 4.74 Å². The fraction of sp³-hybridized carbons (Fsp3) is 0.364. The van der Waals surface area contributed by atoms with Crippen LogP contribution in [-0.4, -0.2) is 6.10 Å². The molecule has 1 aromatic rings. The highest BCUT2D eigenvalue weighted by atomic mass is 16.6. The summed E-state index contributed by atoms with van der Waals surface area (Å²) < 4.78 is 5.49. The van der Waals surface area contributed by atoms with Crippen molar-refractivity contribution < 1.29 is 4.74 Å². The summed E-state index contributed by atoms with van der Waals surface area (Å²) in [5.74, 6) is 0. The third-order valence-electron chi connectivity index (χ3n) is 2.86. The fourth-order valence-corrected chi connectivity index (χ4v) is 2.09. The molecule has 2 atom stereocenters. The van der Waals surface area contributed by atoms with E-state index in [9.17, 15) is 0 Å². The van der Waals surface area contributed by atoms with Crippen molar-refractivity contribution in [2.45, 2.75) is 25.0 Å². The number of nitrogens with zero attached hydrogens (tertiary/aromatic N) is 1. The Hall–Kier alpha value is -1.33. The van der Waals surface area contributed by atoms with Gasteiger partial charge in [-0.05, 0) is 36.1 Å². The van der Waals surface area contributed by atoms with Crippen LogP contribution in [0.4, 0.5) is 0 Å². The standard InChI is InChI=1S/C11H9NO/c12-6-7-1-2-8-3-4-10-11(13-10)9(8)5-7/h1-2,5,10-11H,3-4H2. The SMILES string of the molecule is N#Cc1ccc2c(c1)C1OC1CC2. The van der Waals surface area contributed by atoms with E-state index in [1.165, 1.54) is 11.1 Å². The largest absolute Gasteiger partial charge is 0.364 e. The van der Waals surface area contributed by atoms with E-state index < -0.39 is 0 Å². The van der Waals surface area contributed by atoms with Gasteiger partial charge >= 0.3 is 0 Å². The monoisotopic (exact) mass is 171 g/mol. The molecule has 0 bridgehead atoms. The Kier molecular flexibility index (Phi) is 1.28. The molecule has 3 rings (SSSR count).